The van der Waals surface area contributed by atoms with Crippen molar-refractivity contribution in [2.75, 3.05) is 13.3 Å². The molecule has 2 unspecified atom stereocenters. The molecule has 1 aromatic carbocycles. The molecular formula is C15H23NO3. The average molecular weight is 265 g/mol. The van der Waals surface area contributed by atoms with Crippen LogP contribution in [0, 0.1) is 5.41 Å². The number of aliphatic hydroxyl groups is 1. The molecule has 1 heterocycles. The third-order valence-corrected chi connectivity index (χ3v) is 3.70. The molecule has 19 heavy (non-hydrogen) atoms. The Morgan fingerprint density at radius 3 is 2.63 bits per heavy atom. The van der Waals surface area contributed by atoms with Crippen molar-refractivity contribution < 1.29 is 14.6 Å². The molecule has 2 rings (SSSR count). The maximum Gasteiger partial charge on any atom is 0.231 e. The third kappa shape index (κ3) is 3.39. The van der Waals surface area contributed by atoms with Crippen LogP contribution in [0.5, 0.6) is 11.5 Å². The van der Waals surface area contributed by atoms with Crippen LogP contribution in [0.25, 0.3) is 0 Å². The summed E-state index contributed by atoms with van der Waals surface area (Å²) < 4.78 is 10.6. The number of rotatable bonds is 4. The molecule has 0 aliphatic carbocycles. The molecule has 4 nitrogen and oxygen atoms in total. The van der Waals surface area contributed by atoms with E-state index in [1.54, 1.807) is 0 Å². The van der Waals surface area contributed by atoms with E-state index in [0.29, 0.717) is 18.3 Å². The lowest BCUT2D eigenvalue weighted by atomic mass is 9.88. The zero-order chi connectivity index (χ0) is 14.0. The Morgan fingerprint density at radius 1 is 1.26 bits per heavy atom. The Hall–Kier alpha value is -1.26. The molecular weight excluding hydrogens is 242 g/mol. The van der Waals surface area contributed by atoms with Gasteiger partial charge in [-0.05, 0) is 30.0 Å². The van der Waals surface area contributed by atoms with Crippen LogP contribution < -0.4 is 14.8 Å². The van der Waals surface area contributed by atoms with E-state index in [1.807, 2.05) is 18.2 Å². The SMILES string of the molecule is CC(NCC(O)c1ccc2c(c1)OCO2)C(C)(C)C. The zero-order valence-corrected chi connectivity index (χ0v) is 12.1. The number of hydrogen-bond acceptors (Lipinski definition) is 4. The van der Waals surface area contributed by atoms with Gasteiger partial charge in [-0.15, -0.1) is 0 Å². The standard InChI is InChI=1S/C15H23NO3/c1-10(15(2,3)4)16-8-12(17)11-5-6-13-14(7-11)19-9-18-13/h5-7,10,12,16-17H,8-9H2,1-4H3. The van der Waals surface area contributed by atoms with Crippen molar-refractivity contribution in [3.63, 3.8) is 0 Å². The van der Waals surface area contributed by atoms with Gasteiger partial charge in [-0.25, -0.2) is 0 Å². The van der Waals surface area contributed by atoms with Crippen LogP contribution >= 0.6 is 0 Å². The van der Waals surface area contributed by atoms with E-state index in [4.69, 9.17) is 9.47 Å². The zero-order valence-electron chi connectivity index (χ0n) is 12.1. The van der Waals surface area contributed by atoms with Crippen molar-refractivity contribution in [2.45, 2.75) is 39.8 Å². The minimum Gasteiger partial charge on any atom is -0.454 e. The number of aliphatic hydroxyl groups excluding tert-OH is 1. The second-order valence-electron chi connectivity index (χ2n) is 6.12. The molecule has 1 aliphatic heterocycles. The van der Waals surface area contributed by atoms with Gasteiger partial charge in [0, 0.05) is 12.6 Å². The first kappa shape index (κ1) is 14.2. The van der Waals surface area contributed by atoms with Crippen molar-refractivity contribution in [3.8, 4) is 11.5 Å². The van der Waals surface area contributed by atoms with Crippen LogP contribution in [0.4, 0.5) is 0 Å². The second-order valence-corrected chi connectivity index (χ2v) is 6.12. The van der Waals surface area contributed by atoms with Crippen molar-refractivity contribution in [3.05, 3.63) is 23.8 Å². The molecule has 0 radical (unpaired) electrons. The minimum atomic E-state index is -0.542. The van der Waals surface area contributed by atoms with Gasteiger partial charge in [0.15, 0.2) is 11.5 Å². The minimum absolute atomic E-state index is 0.175. The first-order valence-electron chi connectivity index (χ1n) is 6.69. The van der Waals surface area contributed by atoms with Gasteiger partial charge in [-0.3, -0.25) is 0 Å². The maximum atomic E-state index is 10.2. The molecule has 0 saturated heterocycles. The summed E-state index contributed by atoms with van der Waals surface area (Å²) in [7, 11) is 0. The van der Waals surface area contributed by atoms with Crippen LogP contribution in [0.3, 0.4) is 0 Å². The van der Waals surface area contributed by atoms with Crippen molar-refractivity contribution in [1.82, 2.24) is 5.32 Å². The highest BCUT2D eigenvalue weighted by molar-refractivity contribution is 5.45. The van der Waals surface area contributed by atoms with Crippen molar-refractivity contribution in [2.24, 2.45) is 5.41 Å². The quantitative estimate of drug-likeness (QED) is 0.878. The Bertz CT molecular complexity index is 440. The number of benzene rings is 1. The summed E-state index contributed by atoms with van der Waals surface area (Å²) >= 11 is 0. The summed E-state index contributed by atoms with van der Waals surface area (Å²) in [4.78, 5) is 0. The molecule has 4 heteroatoms. The van der Waals surface area contributed by atoms with Crippen LogP contribution in [0.2, 0.25) is 0 Å². The molecule has 106 valence electrons. The highest BCUT2D eigenvalue weighted by Gasteiger charge is 2.21. The second kappa shape index (κ2) is 5.39. The fourth-order valence-corrected chi connectivity index (χ4v) is 1.83. The number of hydrogen-bond donors (Lipinski definition) is 2. The molecule has 2 N–H and O–H groups in total. The van der Waals surface area contributed by atoms with E-state index >= 15 is 0 Å². The summed E-state index contributed by atoms with van der Waals surface area (Å²) in [5.41, 5.74) is 1.02. The Labute approximate surface area is 114 Å². The third-order valence-electron chi connectivity index (χ3n) is 3.70. The topological polar surface area (TPSA) is 50.7 Å². The van der Waals surface area contributed by atoms with Gasteiger partial charge in [-0.2, -0.15) is 0 Å². The van der Waals surface area contributed by atoms with Crippen LogP contribution in [-0.2, 0) is 0 Å². The van der Waals surface area contributed by atoms with Gasteiger partial charge in [0.2, 0.25) is 6.79 Å². The monoisotopic (exact) mass is 265 g/mol. The molecule has 1 aliphatic rings. The van der Waals surface area contributed by atoms with Gasteiger partial charge >= 0.3 is 0 Å². The summed E-state index contributed by atoms with van der Waals surface area (Å²) in [5.74, 6) is 1.45. The van der Waals surface area contributed by atoms with Gasteiger partial charge in [0.05, 0.1) is 6.10 Å². The van der Waals surface area contributed by atoms with Gasteiger partial charge < -0.3 is 19.9 Å². The number of fused-ring (bicyclic) bond motifs is 1. The number of nitrogens with one attached hydrogen (secondary N) is 1. The van der Waals surface area contributed by atoms with Gasteiger partial charge in [0.25, 0.3) is 0 Å². The van der Waals surface area contributed by atoms with E-state index in [9.17, 15) is 5.11 Å². The van der Waals surface area contributed by atoms with E-state index in [-0.39, 0.29) is 12.2 Å². The predicted molar refractivity (Wildman–Crippen MR) is 74.4 cm³/mol. The first-order chi connectivity index (χ1) is 8.88. The predicted octanol–water partition coefficient (Wildman–Crippen LogP) is 2.47. The van der Waals surface area contributed by atoms with E-state index in [1.165, 1.54) is 0 Å². The van der Waals surface area contributed by atoms with Gasteiger partial charge in [0.1, 0.15) is 0 Å². The number of ether oxygens (including phenoxy) is 2. The Balaban J connectivity index is 1.95. The highest BCUT2D eigenvalue weighted by Crippen LogP contribution is 2.34. The molecule has 0 fully saturated rings. The lowest BCUT2D eigenvalue weighted by Crippen LogP contribution is -2.39. The lowest BCUT2D eigenvalue weighted by Gasteiger charge is -2.29. The molecule has 1 aromatic rings. The van der Waals surface area contributed by atoms with Crippen LogP contribution in [0.15, 0.2) is 18.2 Å². The van der Waals surface area contributed by atoms with Crippen molar-refractivity contribution in [1.29, 1.82) is 0 Å². The van der Waals surface area contributed by atoms with Crippen LogP contribution in [0.1, 0.15) is 39.4 Å². The molecule has 0 saturated carbocycles. The summed E-state index contributed by atoms with van der Waals surface area (Å²) in [6, 6.07) is 5.89. The normalized spacial score (nSPS) is 17.3. The maximum absolute atomic E-state index is 10.2. The van der Waals surface area contributed by atoms with E-state index in [0.717, 1.165) is 11.3 Å². The summed E-state index contributed by atoms with van der Waals surface area (Å²) in [5, 5.41) is 13.6. The molecule has 2 atom stereocenters. The van der Waals surface area contributed by atoms with Crippen molar-refractivity contribution >= 4 is 0 Å². The lowest BCUT2D eigenvalue weighted by molar-refractivity contribution is 0.157. The van der Waals surface area contributed by atoms with Crippen LogP contribution in [-0.4, -0.2) is 24.5 Å². The van der Waals surface area contributed by atoms with E-state index < -0.39 is 6.10 Å². The fraction of sp³-hybridized carbons (Fsp3) is 0.600. The fourth-order valence-electron chi connectivity index (χ4n) is 1.83. The molecule has 0 spiro atoms. The first-order valence-corrected chi connectivity index (χ1v) is 6.69. The Kier molecular flexibility index (Phi) is 4.02. The smallest absolute Gasteiger partial charge is 0.231 e. The largest absolute Gasteiger partial charge is 0.454 e. The molecule has 0 amide bonds. The molecule has 0 aromatic heterocycles. The Morgan fingerprint density at radius 2 is 1.95 bits per heavy atom. The molecule has 0 bridgehead atoms. The summed E-state index contributed by atoms with van der Waals surface area (Å²) in [6.07, 6.45) is -0.542. The average Bonchev–Trinajstić information content (AvgIpc) is 2.81. The highest BCUT2D eigenvalue weighted by atomic mass is 16.7. The van der Waals surface area contributed by atoms with Gasteiger partial charge in [-0.1, -0.05) is 26.8 Å². The van der Waals surface area contributed by atoms with E-state index in [2.05, 4.69) is 33.0 Å². The summed E-state index contributed by atoms with van der Waals surface area (Å²) in [6.45, 7) is 9.45.